The number of carbonyl (C=O) groups is 2. The standard InChI is InChI=1S/C19H22N4O2/c24-18-11-5-13-23(18)14-6-12-20-19(25)16-9-4-10-17(22-16)21-15-7-2-1-3-8-15/h1-4,7-10H,5-6,11-14H2,(H,20,25)(H,21,22). The van der Waals surface area contributed by atoms with Crippen LogP contribution in [0.25, 0.3) is 0 Å². The Bertz CT molecular complexity index is 733. The van der Waals surface area contributed by atoms with E-state index in [9.17, 15) is 9.59 Å². The fourth-order valence-corrected chi connectivity index (χ4v) is 2.80. The van der Waals surface area contributed by atoms with Crippen molar-refractivity contribution in [2.24, 2.45) is 0 Å². The van der Waals surface area contributed by atoms with Gasteiger partial charge in [-0.15, -0.1) is 0 Å². The van der Waals surface area contributed by atoms with Gasteiger partial charge in [-0.2, -0.15) is 0 Å². The highest BCUT2D eigenvalue weighted by atomic mass is 16.2. The summed E-state index contributed by atoms with van der Waals surface area (Å²) < 4.78 is 0. The van der Waals surface area contributed by atoms with E-state index in [1.165, 1.54) is 0 Å². The van der Waals surface area contributed by atoms with Crippen LogP contribution in [0.5, 0.6) is 0 Å². The second-order valence-electron chi connectivity index (χ2n) is 5.99. The third-order valence-electron chi connectivity index (χ3n) is 4.09. The Morgan fingerprint density at radius 1 is 1.12 bits per heavy atom. The van der Waals surface area contributed by atoms with Gasteiger partial charge in [0.05, 0.1) is 0 Å². The van der Waals surface area contributed by atoms with Crippen LogP contribution < -0.4 is 10.6 Å². The van der Waals surface area contributed by atoms with E-state index >= 15 is 0 Å². The van der Waals surface area contributed by atoms with Crippen LogP contribution in [0.3, 0.4) is 0 Å². The maximum atomic E-state index is 12.2. The van der Waals surface area contributed by atoms with Crippen LogP contribution in [-0.2, 0) is 4.79 Å². The summed E-state index contributed by atoms with van der Waals surface area (Å²) in [4.78, 5) is 30.0. The molecule has 2 amide bonds. The highest BCUT2D eigenvalue weighted by Gasteiger charge is 2.19. The largest absolute Gasteiger partial charge is 0.351 e. The van der Waals surface area contributed by atoms with Gasteiger partial charge in [0.1, 0.15) is 11.5 Å². The lowest BCUT2D eigenvalue weighted by Crippen LogP contribution is -2.31. The zero-order valence-electron chi connectivity index (χ0n) is 14.1. The van der Waals surface area contributed by atoms with Gasteiger partial charge in [-0.3, -0.25) is 9.59 Å². The first-order valence-electron chi connectivity index (χ1n) is 8.57. The van der Waals surface area contributed by atoms with E-state index in [2.05, 4.69) is 15.6 Å². The molecule has 0 aliphatic carbocycles. The fourth-order valence-electron chi connectivity index (χ4n) is 2.80. The normalized spacial score (nSPS) is 13.8. The zero-order chi connectivity index (χ0) is 17.5. The number of likely N-dealkylation sites (tertiary alicyclic amines) is 1. The molecule has 25 heavy (non-hydrogen) atoms. The van der Waals surface area contributed by atoms with Crippen molar-refractivity contribution < 1.29 is 9.59 Å². The van der Waals surface area contributed by atoms with Crippen molar-refractivity contribution in [1.29, 1.82) is 0 Å². The zero-order valence-corrected chi connectivity index (χ0v) is 14.1. The van der Waals surface area contributed by atoms with Gasteiger partial charge in [-0.25, -0.2) is 4.98 Å². The molecule has 0 spiro atoms. The topological polar surface area (TPSA) is 74.3 Å². The highest BCUT2D eigenvalue weighted by Crippen LogP contribution is 2.14. The highest BCUT2D eigenvalue weighted by molar-refractivity contribution is 5.92. The second kappa shape index (κ2) is 8.28. The maximum absolute atomic E-state index is 12.2. The van der Waals surface area contributed by atoms with E-state index in [1.807, 2.05) is 41.3 Å². The van der Waals surface area contributed by atoms with Crippen molar-refractivity contribution in [2.75, 3.05) is 25.0 Å². The van der Waals surface area contributed by atoms with E-state index in [1.54, 1.807) is 12.1 Å². The summed E-state index contributed by atoms with van der Waals surface area (Å²) in [5.74, 6) is 0.638. The number of amides is 2. The quantitative estimate of drug-likeness (QED) is 0.761. The number of para-hydroxylation sites is 1. The van der Waals surface area contributed by atoms with Gasteiger partial charge in [-0.1, -0.05) is 24.3 Å². The lowest BCUT2D eigenvalue weighted by molar-refractivity contribution is -0.127. The molecular weight excluding hydrogens is 316 g/mol. The Morgan fingerprint density at radius 2 is 1.96 bits per heavy atom. The summed E-state index contributed by atoms with van der Waals surface area (Å²) in [6.45, 7) is 2.06. The molecule has 1 aromatic carbocycles. The molecule has 0 bridgehead atoms. The molecule has 2 N–H and O–H groups in total. The van der Waals surface area contributed by atoms with Gasteiger partial charge in [-0.05, 0) is 37.1 Å². The molecule has 2 heterocycles. The number of benzene rings is 1. The van der Waals surface area contributed by atoms with E-state index in [4.69, 9.17) is 0 Å². The molecule has 6 heteroatoms. The molecule has 130 valence electrons. The van der Waals surface area contributed by atoms with Crippen molar-refractivity contribution in [3.05, 3.63) is 54.2 Å². The predicted molar refractivity (Wildman–Crippen MR) is 96.7 cm³/mol. The van der Waals surface area contributed by atoms with Crippen molar-refractivity contribution in [2.45, 2.75) is 19.3 Å². The summed E-state index contributed by atoms with van der Waals surface area (Å²) >= 11 is 0. The molecular formula is C19H22N4O2. The Kier molecular flexibility index (Phi) is 5.61. The first kappa shape index (κ1) is 17.0. The summed E-state index contributed by atoms with van der Waals surface area (Å²) in [5.41, 5.74) is 1.29. The summed E-state index contributed by atoms with van der Waals surface area (Å²) in [7, 11) is 0. The smallest absolute Gasteiger partial charge is 0.269 e. The molecule has 1 fully saturated rings. The van der Waals surface area contributed by atoms with E-state index in [0.29, 0.717) is 31.0 Å². The number of rotatable bonds is 7. The van der Waals surface area contributed by atoms with Crippen LogP contribution in [0.4, 0.5) is 11.5 Å². The van der Waals surface area contributed by atoms with Crippen LogP contribution in [0.1, 0.15) is 29.8 Å². The molecule has 3 rings (SSSR count). The molecule has 1 aliphatic heterocycles. The minimum Gasteiger partial charge on any atom is -0.351 e. The minimum absolute atomic E-state index is 0.204. The molecule has 0 unspecified atom stereocenters. The number of nitrogens with zero attached hydrogens (tertiary/aromatic N) is 2. The Morgan fingerprint density at radius 3 is 2.72 bits per heavy atom. The summed E-state index contributed by atoms with van der Waals surface area (Å²) in [5, 5.41) is 6.03. The fraction of sp³-hybridized carbons (Fsp3) is 0.316. The van der Waals surface area contributed by atoms with Crippen LogP contribution >= 0.6 is 0 Å². The van der Waals surface area contributed by atoms with Gasteiger partial charge in [0.25, 0.3) is 5.91 Å². The third kappa shape index (κ3) is 4.79. The molecule has 1 aromatic heterocycles. The SMILES string of the molecule is O=C(NCCCN1CCCC1=O)c1cccc(Nc2ccccc2)n1. The van der Waals surface area contributed by atoms with Gasteiger partial charge in [0.15, 0.2) is 0 Å². The average molecular weight is 338 g/mol. The first-order chi connectivity index (χ1) is 12.2. The molecule has 6 nitrogen and oxygen atoms in total. The molecule has 1 saturated heterocycles. The lowest BCUT2D eigenvalue weighted by atomic mass is 10.3. The Labute approximate surface area is 147 Å². The third-order valence-corrected chi connectivity index (χ3v) is 4.09. The number of hydrogen-bond donors (Lipinski definition) is 2. The lowest BCUT2D eigenvalue weighted by Gasteiger charge is -2.15. The summed E-state index contributed by atoms with van der Waals surface area (Å²) in [6.07, 6.45) is 2.34. The van der Waals surface area contributed by atoms with E-state index in [0.717, 1.165) is 25.1 Å². The van der Waals surface area contributed by atoms with Crippen LogP contribution in [-0.4, -0.2) is 41.3 Å². The number of nitrogens with one attached hydrogen (secondary N) is 2. The van der Waals surface area contributed by atoms with Gasteiger partial charge < -0.3 is 15.5 Å². The van der Waals surface area contributed by atoms with Crippen LogP contribution in [0.2, 0.25) is 0 Å². The molecule has 0 saturated carbocycles. The Hall–Kier alpha value is -2.89. The maximum Gasteiger partial charge on any atom is 0.269 e. The summed E-state index contributed by atoms with van der Waals surface area (Å²) in [6, 6.07) is 15.0. The molecule has 0 atom stereocenters. The molecule has 1 aliphatic rings. The number of pyridine rings is 1. The number of hydrogen-bond acceptors (Lipinski definition) is 4. The number of aromatic nitrogens is 1. The van der Waals surface area contributed by atoms with Crippen molar-refractivity contribution in [1.82, 2.24) is 15.2 Å². The van der Waals surface area contributed by atoms with Crippen LogP contribution in [0, 0.1) is 0 Å². The number of carbonyl (C=O) groups excluding carboxylic acids is 2. The van der Waals surface area contributed by atoms with Crippen molar-refractivity contribution in [3.8, 4) is 0 Å². The molecule has 2 aromatic rings. The van der Waals surface area contributed by atoms with Crippen molar-refractivity contribution in [3.63, 3.8) is 0 Å². The predicted octanol–water partition coefficient (Wildman–Crippen LogP) is 2.57. The van der Waals surface area contributed by atoms with E-state index in [-0.39, 0.29) is 11.8 Å². The van der Waals surface area contributed by atoms with E-state index < -0.39 is 0 Å². The van der Waals surface area contributed by atoms with Gasteiger partial charge in [0.2, 0.25) is 5.91 Å². The van der Waals surface area contributed by atoms with Gasteiger partial charge in [0, 0.05) is 31.7 Å². The first-order valence-corrected chi connectivity index (χ1v) is 8.57. The average Bonchev–Trinajstić information content (AvgIpc) is 3.04. The van der Waals surface area contributed by atoms with Gasteiger partial charge >= 0.3 is 0 Å². The monoisotopic (exact) mass is 338 g/mol. The second-order valence-corrected chi connectivity index (χ2v) is 5.99. The van der Waals surface area contributed by atoms with Crippen molar-refractivity contribution >= 4 is 23.3 Å². The molecule has 0 radical (unpaired) electrons. The number of anilines is 2. The van der Waals surface area contributed by atoms with Crippen LogP contribution in [0.15, 0.2) is 48.5 Å². The minimum atomic E-state index is -0.204. The Balaban J connectivity index is 1.48.